The molecule has 0 bridgehead atoms. The molecule has 0 aliphatic heterocycles. The number of hydrogen-bond acceptors (Lipinski definition) is 4. The molecule has 1 aromatic heterocycles. The second-order valence-electron chi connectivity index (χ2n) is 5.22. The summed E-state index contributed by atoms with van der Waals surface area (Å²) in [6.07, 6.45) is 4.40. The molecule has 0 fully saturated rings. The number of nitrogens with two attached hydrogens (primary N) is 1. The average Bonchev–Trinajstić information content (AvgIpc) is 2.55. The number of aryl methyl sites for hydroxylation is 1. The quantitative estimate of drug-likeness (QED) is 0.879. The number of fused-ring (bicyclic) bond motifs is 1. The van der Waals surface area contributed by atoms with Gasteiger partial charge in [-0.3, -0.25) is 4.98 Å². The van der Waals surface area contributed by atoms with Gasteiger partial charge >= 0.3 is 5.97 Å². The summed E-state index contributed by atoms with van der Waals surface area (Å²) in [4.78, 5) is 16.4. The van der Waals surface area contributed by atoms with Crippen molar-refractivity contribution in [1.82, 2.24) is 4.98 Å². The molecule has 2 N–H and O–H groups in total. The smallest absolute Gasteiger partial charge is 0.338 e. The summed E-state index contributed by atoms with van der Waals surface area (Å²) in [5, 5.41) is 0. The maximum absolute atomic E-state index is 12.3. The van der Waals surface area contributed by atoms with E-state index < -0.39 is 0 Å². The van der Waals surface area contributed by atoms with E-state index in [4.69, 9.17) is 10.5 Å². The van der Waals surface area contributed by atoms with Crippen molar-refractivity contribution in [3.05, 3.63) is 65.0 Å². The monoisotopic (exact) mass is 282 g/mol. The van der Waals surface area contributed by atoms with Gasteiger partial charge in [-0.15, -0.1) is 0 Å². The van der Waals surface area contributed by atoms with Crippen molar-refractivity contribution < 1.29 is 9.53 Å². The van der Waals surface area contributed by atoms with E-state index in [9.17, 15) is 4.79 Å². The van der Waals surface area contributed by atoms with E-state index >= 15 is 0 Å². The average molecular weight is 282 g/mol. The lowest BCUT2D eigenvalue weighted by Gasteiger charge is -2.25. The van der Waals surface area contributed by atoms with Gasteiger partial charge in [0.2, 0.25) is 0 Å². The van der Waals surface area contributed by atoms with Crippen LogP contribution in [0, 0.1) is 0 Å². The number of aromatic nitrogens is 1. The maximum atomic E-state index is 12.3. The Labute approximate surface area is 124 Å². The lowest BCUT2D eigenvalue weighted by Crippen LogP contribution is -2.17. The number of rotatable bonds is 3. The molecular weight excluding hydrogens is 264 g/mol. The van der Waals surface area contributed by atoms with Crippen molar-refractivity contribution in [2.24, 2.45) is 5.73 Å². The number of ether oxygens (including phenoxy) is 1. The van der Waals surface area contributed by atoms with Gasteiger partial charge in [0.25, 0.3) is 0 Å². The topological polar surface area (TPSA) is 65.2 Å². The fraction of sp³-hybridized carbons (Fsp3) is 0.294. The highest BCUT2D eigenvalue weighted by molar-refractivity contribution is 5.89. The molecule has 2 aromatic rings. The van der Waals surface area contributed by atoms with E-state index in [0.717, 1.165) is 24.8 Å². The molecule has 1 aliphatic carbocycles. The summed E-state index contributed by atoms with van der Waals surface area (Å²) in [6.45, 7) is 0.313. The Balaban J connectivity index is 1.79. The summed E-state index contributed by atoms with van der Waals surface area (Å²) in [5.41, 5.74) is 9.15. The number of carbonyl (C=O) groups is 1. The van der Waals surface area contributed by atoms with Crippen molar-refractivity contribution in [2.45, 2.75) is 31.9 Å². The number of pyridine rings is 1. The second kappa shape index (κ2) is 6.06. The van der Waals surface area contributed by atoms with Crippen LogP contribution in [0.15, 0.2) is 42.6 Å². The van der Waals surface area contributed by atoms with Gasteiger partial charge in [-0.2, -0.15) is 0 Å². The Bertz CT molecular complexity index is 655. The van der Waals surface area contributed by atoms with E-state index in [1.165, 1.54) is 5.56 Å². The number of nitrogens with zero attached hydrogens (tertiary/aromatic N) is 1. The molecule has 1 aromatic carbocycles. The lowest BCUT2D eigenvalue weighted by molar-refractivity contribution is 0.0256. The van der Waals surface area contributed by atoms with Crippen LogP contribution in [0.1, 0.15) is 46.1 Å². The number of carbonyl (C=O) groups excluding carboxylic acids is 1. The first-order chi connectivity index (χ1) is 10.3. The van der Waals surface area contributed by atoms with Crippen molar-refractivity contribution >= 4 is 5.97 Å². The summed E-state index contributed by atoms with van der Waals surface area (Å²) < 4.78 is 5.70. The summed E-state index contributed by atoms with van der Waals surface area (Å²) >= 11 is 0. The van der Waals surface area contributed by atoms with Gasteiger partial charge in [0.05, 0.1) is 11.3 Å². The van der Waals surface area contributed by atoms with Crippen LogP contribution in [-0.2, 0) is 17.7 Å². The molecular formula is C17H18N2O2. The van der Waals surface area contributed by atoms with Crippen LogP contribution in [0.3, 0.4) is 0 Å². The second-order valence-corrected chi connectivity index (χ2v) is 5.22. The third-order valence-corrected chi connectivity index (χ3v) is 3.83. The number of esters is 1. The van der Waals surface area contributed by atoms with Crippen molar-refractivity contribution in [3.8, 4) is 0 Å². The molecule has 21 heavy (non-hydrogen) atoms. The fourth-order valence-corrected chi connectivity index (χ4v) is 2.75. The zero-order chi connectivity index (χ0) is 14.7. The van der Waals surface area contributed by atoms with Crippen molar-refractivity contribution in [3.63, 3.8) is 0 Å². The highest BCUT2D eigenvalue weighted by Crippen LogP contribution is 2.32. The van der Waals surface area contributed by atoms with Gasteiger partial charge in [-0.05, 0) is 42.5 Å². The van der Waals surface area contributed by atoms with E-state index in [-0.39, 0.29) is 12.1 Å². The van der Waals surface area contributed by atoms with Crippen LogP contribution in [0.4, 0.5) is 0 Å². The normalized spacial score (nSPS) is 17.1. The van der Waals surface area contributed by atoms with Crippen molar-refractivity contribution in [2.75, 3.05) is 0 Å². The molecule has 4 nitrogen and oxygen atoms in total. The summed E-state index contributed by atoms with van der Waals surface area (Å²) in [7, 11) is 0. The highest BCUT2D eigenvalue weighted by Gasteiger charge is 2.23. The first kappa shape index (κ1) is 13.8. The summed E-state index contributed by atoms with van der Waals surface area (Å²) in [5.74, 6) is -0.311. The first-order valence-electron chi connectivity index (χ1n) is 7.21. The van der Waals surface area contributed by atoms with E-state index in [1.54, 1.807) is 18.3 Å². The Morgan fingerprint density at radius 2 is 2.19 bits per heavy atom. The van der Waals surface area contributed by atoms with Crippen molar-refractivity contribution in [1.29, 1.82) is 0 Å². The molecule has 3 rings (SSSR count). The van der Waals surface area contributed by atoms with Crippen LogP contribution in [0.25, 0.3) is 0 Å². The summed E-state index contributed by atoms with van der Waals surface area (Å²) in [6, 6.07) is 11.5. The minimum absolute atomic E-state index is 0.156. The molecule has 1 heterocycles. The Kier molecular flexibility index (Phi) is 3.97. The van der Waals surface area contributed by atoms with E-state index in [0.29, 0.717) is 17.8 Å². The van der Waals surface area contributed by atoms with Crippen LogP contribution >= 0.6 is 0 Å². The molecule has 0 saturated heterocycles. The molecule has 1 unspecified atom stereocenters. The Morgan fingerprint density at radius 3 is 3.05 bits per heavy atom. The predicted octanol–water partition coefficient (Wildman–Crippen LogP) is 2.77. The van der Waals surface area contributed by atoms with Gasteiger partial charge in [-0.1, -0.05) is 24.3 Å². The number of hydrogen-bond donors (Lipinski definition) is 1. The molecule has 108 valence electrons. The molecule has 1 aliphatic rings. The minimum Gasteiger partial charge on any atom is -0.454 e. The van der Waals surface area contributed by atoms with Gasteiger partial charge in [0.1, 0.15) is 6.10 Å². The Morgan fingerprint density at radius 1 is 1.33 bits per heavy atom. The third-order valence-electron chi connectivity index (χ3n) is 3.83. The van der Waals surface area contributed by atoms with Gasteiger partial charge in [0, 0.05) is 12.7 Å². The zero-order valence-electron chi connectivity index (χ0n) is 11.8. The molecule has 0 radical (unpaired) electrons. The van der Waals surface area contributed by atoms with E-state index in [2.05, 4.69) is 11.1 Å². The van der Waals surface area contributed by atoms with Crippen LogP contribution in [-0.4, -0.2) is 11.0 Å². The molecule has 4 heteroatoms. The van der Waals surface area contributed by atoms with Crippen LogP contribution in [0.5, 0.6) is 0 Å². The molecule has 0 amide bonds. The SMILES string of the molecule is NCc1cc(C(=O)OC2CCCc3ccccc32)ccn1. The predicted molar refractivity (Wildman–Crippen MR) is 79.7 cm³/mol. The van der Waals surface area contributed by atoms with Gasteiger partial charge in [-0.25, -0.2) is 4.79 Å². The lowest BCUT2D eigenvalue weighted by atomic mass is 9.89. The largest absolute Gasteiger partial charge is 0.454 e. The standard InChI is InChI=1S/C17H18N2O2/c18-11-14-10-13(8-9-19-14)17(20)21-16-7-3-5-12-4-1-2-6-15(12)16/h1-2,4,6,8-10,16H,3,5,7,11,18H2. The van der Waals surface area contributed by atoms with Crippen LogP contribution < -0.4 is 5.73 Å². The fourth-order valence-electron chi connectivity index (χ4n) is 2.75. The van der Waals surface area contributed by atoms with Gasteiger partial charge in [0.15, 0.2) is 0 Å². The highest BCUT2D eigenvalue weighted by atomic mass is 16.5. The number of benzene rings is 1. The molecule has 0 spiro atoms. The molecule has 0 saturated carbocycles. The first-order valence-corrected chi connectivity index (χ1v) is 7.21. The Hall–Kier alpha value is -2.20. The minimum atomic E-state index is -0.311. The van der Waals surface area contributed by atoms with E-state index in [1.807, 2.05) is 18.2 Å². The maximum Gasteiger partial charge on any atom is 0.338 e. The van der Waals surface area contributed by atoms with Gasteiger partial charge < -0.3 is 10.5 Å². The molecule has 1 atom stereocenters. The van der Waals surface area contributed by atoms with Crippen LogP contribution in [0.2, 0.25) is 0 Å². The zero-order valence-corrected chi connectivity index (χ0v) is 11.8. The third kappa shape index (κ3) is 2.95.